The predicted octanol–water partition coefficient (Wildman–Crippen LogP) is 4.36. The summed E-state index contributed by atoms with van der Waals surface area (Å²) in [4.78, 5) is 17.9. The lowest BCUT2D eigenvalue weighted by molar-refractivity contribution is 0.0996. The van der Waals surface area contributed by atoms with E-state index in [1.807, 2.05) is 0 Å². The van der Waals surface area contributed by atoms with Crippen molar-refractivity contribution >= 4 is 27.5 Å². The van der Waals surface area contributed by atoms with Gasteiger partial charge in [0.2, 0.25) is 0 Å². The lowest BCUT2D eigenvalue weighted by atomic mass is 10.0. The molecule has 0 N–H and O–H groups in total. The first-order valence-corrected chi connectivity index (χ1v) is 10.0. The van der Waals surface area contributed by atoms with Crippen molar-refractivity contribution in [3.63, 3.8) is 0 Å². The van der Waals surface area contributed by atoms with E-state index >= 15 is 0 Å². The van der Waals surface area contributed by atoms with Gasteiger partial charge < -0.3 is 14.0 Å². The molecule has 0 aliphatic carbocycles. The summed E-state index contributed by atoms with van der Waals surface area (Å²) in [6.45, 7) is 8.20. The van der Waals surface area contributed by atoms with E-state index in [1.165, 1.54) is 5.56 Å². The van der Waals surface area contributed by atoms with Gasteiger partial charge in [-0.2, -0.15) is 4.99 Å². The van der Waals surface area contributed by atoms with Crippen LogP contribution in [0.2, 0.25) is 0 Å². The van der Waals surface area contributed by atoms with Crippen molar-refractivity contribution in [2.24, 2.45) is 4.99 Å². The first kappa shape index (κ1) is 17.8. The number of fused-ring (bicyclic) bond motifs is 2. The monoisotopic (exact) mass is 382 g/mol. The molecule has 0 unspecified atom stereocenters. The Kier molecular flexibility index (Phi) is 4.74. The SMILES string of the molecule is CCn1c(=NC(=O)c2ccc3c(c2)OCCO3)sc2cc(C(C)C)ccc21. The van der Waals surface area contributed by atoms with E-state index in [0.717, 1.165) is 16.8 Å². The van der Waals surface area contributed by atoms with Gasteiger partial charge >= 0.3 is 0 Å². The van der Waals surface area contributed by atoms with Crippen LogP contribution in [-0.4, -0.2) is 23.7 Å². The van der Waals surface area contributed by atoms with Gasteiger partial charge in [0, 0.05) is 12.1 Å². The Morgan fingerprint density at radius 1 is 1.15 bits per heavy atom. The standard InChI is InChI=1S/C21H22N2O3S/c1-4-23-16-7-5-14(13(2)3)12-19(16)27-21(23)22-20(24)15-6-8-17-18(11-15)26-10-9-25-17/h5-8,11-13H,4,9-10H2,1-3H3. The number of hydrogen-bond donors (Lipinski definition) is 0. The predicted molar refractivity (Wildman–Crippen MR) is 107 cm³/mol. The molecule has 1 aromatic heterocycles. The van der Waals surface area contributed by atoms with Crippen molar-refractivity contribution in [3.05, 3.63) is 52.3 Å². The molecule has 5 nitrogen and oxygen atoms in total. The molecule has 0 radical (unpaired) electrons. The maximum absolute atomic E-state index is 12.8. The minimum absolute atomic E-state index is 0.273. The smallest absolute Gasteiger partial charge is 0.279 e. The van der Waals surface area contributed by atoms with E-state index in [9.17, 15) is 4.79 Å². The third kappa shape index (κ3) is 3.37. The van der Waals surface area contributed by atoms with Crippen LogP contribution in [0.1, 0.15) is 42.6 Å². The lowest BCUT2D eigenvalue weighted by Gasteiger charge is -2.18. The molecular weight excluding hydrogens is 360 g/mol. The molecule has 2 heterocycles. The van der Waals surface area contributed by atoms with Gasteiger partial charge in [-0.15, -0.1) is 0 Å². The number of amides is 1. The minimum Gasteiger partial charge on any atom is -0.486 e. The molecule has 0 saturated heterocycles. The van der Waals surface area contributed by atoms with E-state index in [1.54, 1.807) is 29.5 Å². The van der Waals surface area contributed by atoms with Crippen LogP contribution in [0.4, 0.5) is 0 Å². The summed E-state index contributed by atoms with van der Waals surface area (Å²) in [6.07, 6.45) is 0. The van der Waals surface area contributed by atoms with Crippen LogP contribution in [0.15, 0.2) is 41.4 Å². The quantitative estimate of drug-likeness (QED) is 0.676. The number of rotatable bonds is 3. The third-order valence-corrected chi connectivity index (χ3v) is 5.72. The molecule has 0 saturated carbocycles. The molecule has 27 heavy (non-hydrogen) atoms. The van der Waals surface area contributed by atoms with E-state index in [-0.39, 0.29) is 5.91 Å². The van der Waals surface area contributed by atoms with Gasteiger partial charge in [0.05, 0.1) is 10.2 Å². The Morgan fingerprint density at radius 3 is 2.67 bits per heavy atom. The Morgan fingerprint density at radius 2 is 1.93 bits per heavy atom. The zero-order valence-electron chi connectivity index (χ0n) is 15.7. The number of carbonyl (C=O) groups is 1. The van der Waals surface area contributed by atoms with Crippen LogP contribution in [-0.2, 0) is 6.54 Å². The van der Waals surface area contributed by atoms with Gasteiger partial charge in [0.25, 0.3) is 5.91 Å². The highest BCUT2D eigenvalue weighted by molar-refractivity contribution is 7.16. The van der Waals surface area contributed by atoms with Gasteiger partial charge in [-0.05, 0) is 48.7 Å². The Labute approximate surface area is 161 Å². The Balaban J connectivity index is 1.76. The van der Waals surface area contributed by atoms with Crippen molar-refractivity contribution in [1.82, 2.24) is 4.57 Å². The highest BCUT2D eigenvalue weighted by atomic mass is 32.1. The molecule has 1 amide bonds. The maximum Gasteiger partial charge on any atom is 0.279 e. The second-order valence-electron chi connectivity index (χ2n) is 6.79. The second kappa shape index (κ2) is 7.19. The van der Waals surface area contributed by atoms with Gasteiger partial charge in [0.1, 0.15) is 13.2 Å². The summed E-state index contributed by atoms with van der Waals surface area (Å²) in [5.41, 5.74) is 2.90. The van der Waals surface area contributed by atoms with Crippen LogP contribution in [0, 0.1) is 0 Å². The average Bonchev–Trinajstić information content (AvgIpc) is 3.03. The fraction of sp³-hybridized carbons (Fsp3) is 0.333. The number of ether oxygens (including phenoxy) is 2. The lowest BCUT2D eigenvalue weighted by Crippen LogP contribution is -2.17. The fourth-order valence-electron chi connectivity index (χ4n) is 3.17. The summed E-state index contributed by atoms with van der Waals surface area (Å²) in [6, 6.07) is 11.7. The van der Waals surface area contributed by atoms with Gasteiger partial charge in [-0.3, -0.25) is 4.79 Å². The average molecular weight is 382 g/mol. The fourth-order valence-corrected chi connectivity index (χ4v) is 4.31. The van der Waals surface area contributed by atoms with Crippen molar-refractivity contribution in [1.29, 1.82) is 0 Å². The topological polar surface area (TPSA) is 52.8 Å². The molecule has 0 bridgehead atoms. The normalized spacial score (nSPS) is 14.1. The number of benzene rings is 2. The largest absolute Gasteiger partial charge is 0.486 e. The molecule has 3 aromatic rings. The molecule has 2 aromatic carbocycles. The Hall–Kier alpha value is -2.60. The highest BCUT2D eigenvalue weighted by Crippen LogP contribution is 2.31. The van der Waals surface area contributed by atoms with Crippen LogP contribution in [0.5, 0.6) is 11.5 Å². The molecule has 0 atom stereocenters. The molecule has 4 rings (SSSR count). The van der Waals surface area contributed by atoms with Crippen LogP contribution in [0.3, 0.4) is 0 Å². The van der Waals surface area contributed by atoms with Crippen molar-refractivity contribution < 1.29 is 14.3 Å². The van der Waals surface area contributed by atoms with Gasteiger partial charge in [-0.1, -0.05) is 31.3 Å². The summed E-state index contributed by atoms with van der Waals surface area (Å²) >= 11 is 1.55. The number of thiazole rings is 1. The molecular formula is C21H22N2O3S. The minimum atomic E-state index is -0.273. The zero-order chi connectivity index (χ0) is 19.0. The number of aromatic nitrogens is 1. The van der Waals surface area contributed by atoms with Crippen LogP contribution in [0.25, 0.3) is 10.2 Å². The first-order valence-electron chi connectivity index (χ1n) is 9.19. The number of aryl methyl sites for hydroxylation is 1. The first-order chi connectivity index (χ1) is 13.1. The zero-order valence-corrected chi connectivity index (χ0v) is 16.5. The molecule has 1 aliphatic rings. The summed E-state index contributed by atoms with van der Waals surface area (Å²) in [5.74, 6) is 1.46. The maximum atomic E-state index is 12.8. The van der Waals surface area contributed by atoms with Crippen molar-refractivity contribution in [2.75, 3.05) is 13.2 Å². The van der Waals surface area contributed by atoms with Crippen molar-refractivity contribution in [3.8, 4) is 11.5 Å². The third-order valence-electron chi connectivity index (χ3n) is 4.68. The number of carbonyl (C=O) groups excluding carboxylic acids is 1. The highest BCUT2D eigenvalue weighted by Gasteiger charge is 2.15. The summed E-state index contributed by atoms with van der Waals surface area (Å²) in [7, 11) is 0. The molecule has 140 valence electrons. The molecule has 0 fully saturated rings. The molecule has 0 spiro atoms. The van der Waals surface area contributed by atoms with Crippen LogP contribution < -0.4 is 14.3 Å². The number of hydrogen-bond acceptors (Lipinski definition) is 4. The van der Waals surface area contributed by atoms with E-state index in [2.05, 4.69) is 48.5 Å². The van der Waals surface area contributed by atoms with E-state index in [4.69, 9.17) is 9.47 Å². The second-order valence-corrected chi connectivity index (χ2v) is 7.80. The van der Waals surface area contributed by atoms with Crippen molar-refractivity contribution in [2.45, 2.75) is 33.2 Å². The van der Waals surface area contributed by atoms with E-state index < -0.39 is 0 Å². The van der Waals surface area contributed by atoms with Crippen LogP contribution >= 0.6 is 11.3 Å². The van der Waals surface area contributed by atoms with Gasteiger partial charge in [0.15, 0.2) is 16.3 Å². The summed E-state index contributed by atoms with van der Waals surface area (Å²) < 4.78 is 14.3. The Bertz CT molecular complexity index is 1080. The number of nitrogens with zero attached hydrogens (tertiary/aromatic N) is 2. The molecule has 1 aliphatic heterocycles. The van der Waals surface area contributed by atoms with E-state index in [0.29, 0.717) is 41.0 Å². The van der Waals surface area contributed by atoms with Gasteiger partial charge in [-0.25, -0.2) is 0 Å². The molecule has 6 heteroatoms. The summed E-state index contributed by atoms with van der Waals surface area (Å²) in [5, 5.41) is 0.